The van der Waals surface area contributed by atoms with Crippen LogP contribution in [-0.4, -0.2) is 16.0 Å². The van der Waals surface area contributed by atoms with Crippen LogP contribution in [0.2, 0.25) is 0 Å². The number of benzene rings is 2. The monoisotopic (exact) mass is 488 g/mol. The number of hydrogen-bond donors (Lipinski definition) is 1. The minimum absolute atomic E-state index is 0.136. The van der Waals surface area contributed by atoms with Crippen molar-refractivity contribution in [3.8, 4) is 11.1 Å². The van der Waals surface area contributed by atoms with E-state index < -0.39 is 0 Å². The van der Waals surface area contributed by atoms with Gasteiger partial charge in [-0.1, -0.05) is 0 Å². The van der Waals surface area contributed by atoms with Crippen LogP contribution in [0.15, 0.2) is 51.1 Å². The molecule has 0 spiro atoms. The summed E-state index contributed by atoms with van der Waals surface area (Å²) in [5.41, 5.74) is 4.67. The number of aliphatic imine (C=N–C) groups is 1. The second-order valence-corrected chi connectivity index (χ2v) is 8.20. The fourth-order valence-corrected chi connectivity index (χ4v) is 3.60. The molecular formula is C20H17IN4OS. The molecule has 0 fully saturated rings. The highest BCUT2D eigenvalue weighted by atomic mass is 127. The molecule has 0 saturated heterocycles. The maximum Gasteiger partial charge on any atom is 0.280 e. The maximum atomic E-state index is 12.8. The lowest BCUT2D eigenvalue weighted by molar-refractivity contribution is 0.835. The van der Waals surface area contributed by atoms with Gasteiger partial charge in [0, 0.05) is 20.4 Å². The first-order chi connectivity index (χ1) is 12.9. The Bertz CT molecular complexity index is 1120. The van der Waals surface area contributed by atoms with Gasteiger partial charge < -0.3 is 0 Å². The molecule has 0 aliphatic rings. The maximum absolute atomic E-state index is 12.8. The van der Waals surface area contributed by atoms with Crippen molar-refractivity contribution in [1.82, 2.24) is 9.78 Å². The molecule has 2 aromatic carbocycles. The summed E-state index contributed by atoms with van der Waals surface area (Å²) in [5, 5.41) is 14.1. The van der Waals surface area contributed by atoms with E-state index >= 15 is 0 Å². The highest BCUT2D eigenvalue weighted by Crippen LogP contribution is 2.29. The highest BCUT2D eigenvalue weighted by Gasteiger charge is 2.11. The van der Waals surface area contributed by atoms with Gasteiger partial charge in [-0.25, -0.2) is 4.68 Å². The molecular weight excluding hydrogens is 471 g/mol. The molecule has 0 bridgehead atoms. The predicted octanol–water partition coefficient (Wildman–Crippen LogP) is 5.02. The second-order valence-electron chi connectivity index (χ2n) is 6.12. The topological polar surface area (TPSA) is 73.9 Å². The molecule has 136 valence electrons. The zero-order valence-electron chi connectivity index (χ0n) is 15.1. The number of nitrogens with one attached hydrogen (secondary N) is 1. The average molecular weight is 488 g/mol. The molecule has 3 aromatic rings. The Hall–Kier alpha value is -2.31. The summed E-state index contributed by atoms with van der Waals surface area (Å²) in [4.78, 5) is 18.2. The van der Waals surface area contributed by atoms with Crippen molar-refractivity contribution < 1.29 is 0 Å². The average Bonchev–Trinajstić information content (AvgIpc) is 2.92. The minimum atomic E-state index is -0.136. The van der Waals surface area contributed by atoms with E-state index in [-0.39, 0.29) is 5.56 Å². The number of nitrogens with zero attached hydrogens (tertiary/aromatic N) is 3. The number of H-pyrrole nitrogens is 1. The quantitative estimate of drug-likeness (QED) is 0.243. The number of aromatic nitrogens is 2. The van der Waals surface area contributed by atoms with Crippen LogP contribution in [0.25, 0.3) is 5.69 Å². The zero-order valence-corrected chi connectivity index (χ0v) is 18.1. The molecule has 1 N–H and O–H groups in total. The predicted molar refractivity (Wildman–Crippen MR) is 118 cm³/mol. The summed E-state index contributed by atoms with van der Waals surface area (Å²) in [5.74, 6) is 0. The molecule has 0 radical (unpaired) electrons. The van der Waals surface area contributed by atoms with Crippen molar-refractivity contribution in [2.45, 2.75) is 25.7 Å². The molecule has 0 saturated carbocycles. The van der Waals surface area contributed by atoms with Gasteiger partial charge in [0.25, 0.3) is 5.56 Å². The largest absolute Gasteiger partial charge is 0.295 e. The first kappa shape index (κ1) is 19.5. The summed E-state index contributed by atoms with van der Waals surface area (Å²) < 4.78 is 2.63. The normalized spacial score (nSPS) is 11.1. The van der Waals surface area contributed by atoms with E-state index in [0.717, 1.165) is 48.4 Å². The summed E-state index contributed by atoms with van der Waals surface area (Å²) in [6.45, 7) is 5.75. The molecule has 0 aliphatic heterocycles. The minimum Gasteiger partial charge on any atom is -0.295 e. The molecule has 7 heteroatoms. The number of nitriles is 1. The summed E-state index contributed by atoms with van der Waals surface area (Å²) >= 11 is 3.37. The number of thiocyanates is 1. The molecule has 0 atom stereocenters. The van der Waals surface area contributed by atoms with Crippen LogP contribution in [0.1, 0.15) is 22.4 Å². The molecule has 3 rings (SSSR count). The van der Waals surface area contributed by atoms with Crippen LogP contribution < -0.4 is 5.56 Å². The van der Waals surface area contributed by atoms with Crippen LogP contribution in [-0.2, 0) is 0 Å². The Balaban J connectivity index is 1.97. The molecule has 0 amide bonds. The Morgan fingerprint density at radius 3 is 2.56 bits per heavy atom. The molecule has 1 aromatic heterocycles. The lowest BCUT2D eigenvalue weighted by Crippen LogP contribution is -2.17. The van der Waals surface area contributed by atoms with E-state index in [0.29, 0.717) is 5.56 Å². The Morgan fingerprint density at radius 1 is 1.19 bits per heavy atom. The number of rotatable bonds is 4. The molecule has 27 heavy (non-hydrogen) atoms. The van der Waals surface area contributed by atoms with E-state index in [1.807, 2.05) is 57.2 Å². The number of halogens is 1. The summed E-state index contributed by atoms with van der Waals surface area (Å²) in [7, 11) is 0. The number of aromatic amines is 1. The van der Waals surface area contributed by atoms with Crippen LogP contribution in [0, 0.1) is 35.0 Å². The third kappa shape index (κ3) is 4.17. The fourth-order valence-electron chi connectivity index (χ4n) is 2.69. The van der Waals surface area contributed by atoms with Gasteiger partial charge in [0.2, 0.25) is 0 Å². The number of aryl methyl sites for hydroxylation is 3. The van der Waals surface area contributed by atoms with Gasteiger partial charge in [0.05, 0.1) is 16.9 Å². The van der Waals surface area contributed by atoms with E-state index in [9.17, 15) is 4.79 Å². The smallest absolute Gasteiger partial charge is 0.280 e. The zero-order chi connectivity index (χ0) is 19.6. The Kier molecular flexibility index (Phi) is 5.87. The lowest BCUT2D eigenvalue weighted by atomic mass is 10.1. The number of thioether (sulfide) groups is 1. The molecule has 5 nitrogen and oxygen atoms in total. The first-order valence-electron chi connectivity index (χ1n) is 8.19. The summed E-state index contributed by atoms with van der Waals surface area (Å²) in [6, 6.07) is 11.6. The van der Waals surface area contributed by atoms with Crippen molar-refractivity contribution >= 4 is 46.3 Å². The Morgan fingerprint density at radius 2 is 1.89 bits per heavy atom. The number of hydrogen-bond acceptors (Lipinski definition) is 4. The molecule has 0 aliphatic carbocycles. The van der Waals surface area contributed by atoms with Crippen LogP contribution in [0.3, 0.4) is 0 Å². The van der Waals surface area contributed by atoms with Crippen LogP contribution in [0.4, 0.5) is 5.69 Å². The van der Waals surface area contributed by atoms with Crippen LogP contribution >= 0.6 is 34.4 Å². The molecule has 1 heterocycles. The van der Waals surface area contributed by atoms with Gasteiger partial charge in [-0.15, -0.1) is 0 Å². The van der Waals surface area contributed by atoms with Crippen molar-refractivity contribution in [2.24, 2.45) is 4.99 Å². The van der Waals surface area contributed by atoms with E-state index in [1.54, 1.807) is 6.21 Å². The van der Waals surface area contributed by atoms with Crippen molar-refractivity contribution in [2.75, 3.05) is 0 Å². The standard InChI is InChI=1S/C20H17IN4OS/c1-12-9-19(27-11-22)13(2)8-18(12)23-10-17-14(3)24-25(20(17)26)16-6-4-15(21)5-7-16/h4-10,24H,1-3H3. The van der Waals surface area contributed by atoms with Gasteiger partial charge in [-0.2, -0.15) is 5.26 Å². The lowest BCUT2D eigenvalue weighted by Gasteiger charge is -2.05. The Labute approximate surface area is 175 Å². The van der Waals surface area contributed by atoms with E-state index in [2.05, 4.69) is 38.1 Å². The van der Waals surface area contributed by atoms with Crippen molar-refractivity contribution in [3.05, 3.63) is 72.7 Å². The SMILES string of the molecule is Cc1cc(SC#N)c(C)cc1N=Cc1c(C)[nH]n(-c2ccc(I)cc2)c1=O. The summed E-state index contributed by atoms with van der Waals surface area (Å²) in [6.07, 6.45) is 1.61. The molecule has 0 unspecified atom stereocenters. The third-order valence-electron chi connectivity index (χ3n) is 4.18. The third-order valence-corrected chi connectivity index (χ3v) is 5.65. The van der Waals surface area contributed by atoms with Crippen LogP contribution in [0.5, 0.6) is 0 Å². The highest BCUT2D eigenvalue weighted by molar-refractivity contribution is 14.1. The van der Waals surface area contributed by atoms with Gasteiger partial charge in [-0.05, 0) is 103 Å². The van der Waals surface area contributed by atoms with Crippen molar-refractivity contribution in [1.29, 1.82) is 5.26 Å². The van der Waals surface area contributed by atoms with Gasteiger partial charge in [-0.3, -0.25) is 14.9 Å². The van der Waals surface area contributed by atoms with Gasteiger partial charge in [0.15, 0.2) is 0 Å². The first-order valence-corrected chi connectivity index (χ1v) is 10.1. The van der Waals surface area contributed by atoms with E-state index in [4.69, 9.17) is 5.26 Å². The van der Waals surface area contributed by atoms with Gasteiger partial charge >= 0.3 is 0 Å². The second kappa shape index (κ2) is 8.15. The van der Waals surface area contributed by atoms with E-state index in [1.165, 1.54) is 4.68 Å². The fraction of sp³-hybridized carbons (Fsp3) is 0.150. The van der Waals surface area contributed by atoms with Gasteiger partial charge in [0.1, 0.15) is 5.40 Å². The van der Waals surface area contributed by atoms with Crippen molar-refractivity contribution in [3.63, 3.8) is 0 Å².